The Labute approximate surface area is 133 Å². The largest absolute Gasteiger partial charge is 0.416 e. The highest BCUT2D eigenvalue weighted by Crippen LogP contribution is 2.55. The number of nitrogens with one attached hydrogen (secondary N) is 1. The fourth-order valence-electron chi connectivity index (χ4n) is 5.50. The Balaban J connectivity index is 1.51. The molecule has 0 heterocycles. The van der Waals surface area contributed by atoms with Gasteiger partial charge in [0.1, 0.15) is 5.82 Å². The van der Waals surface area contributed by atoms with E-state index < -0.39 is 17.6 Å². The molecule has 0 saturated heterocycles. The summed E-state index contributed by atoms with van der Waals surface area (Å²) in [7, 11) is 0. The lowest BCUT2D eigenvalue weighted by atomic mass is 9.53. The van der Waals surface area contributed by atoms with Crippen LogP contribution in [-0.2, 0) is 12.7 Å². The Morgan fingerprint density at radius 3 is 2.09 bits per heavy atom. The summed E-state index contributed by atoms with van der Waals surface area (Å²) in [5.74, 6) is 1.69. The molecule has 1 nitrogen and oxygen atoms in total. The Morgan fingerprint density at radius 1 is 1.00 bits per heavy atom. The first-order valence-corrected chi connectivity index (χ1v) is 8.44. The van der Waals surface area contributed by atoms with Crippen molar-refractivity contribution in [3.8, 4) is 0 Å². The average molecular weight is 327 g/mol. The molecule has 4 fully saturated rings. The van der Waals surface area contributed by atoms with Crippen molar-refractivity contribution in [2.24, 2.45) is 17.8 Å². The second kappa shape index (κ2) is 5.20. The fraction of sp³-hybridized carbons (Fsp3) is 0.667. The van der Waals surface area contributed by atoms with Crippen LogP contribution in [-0.4, -0.2) is 5.54 Å². The lowest BCUT2D eigenvalue weighted by Crippen LogP contribution is -2.58. The van der Waals surface area contributed by atoms with Crippen LogP contribution in [0.15, 0.2) is 18.2 Å². The first kappa shape index (κ1) is 15.4. The quantitative estimate of drug-likeness (QED) is 0.778. The standard InChI is InChI=1S/C18H21F4N/c19-16-2-1-15(18(20,21)22)6-14(16)10-23-17-7-11-3-12(8-17)5-13(4-11)9-17/h1-2,6,11-13,23H,3-5,7-10H2. The number of halogens is 4. The SMILES string of the molecule is Fc1ccc(C(F)(F)F)cc1CNC12CC3CC(CC(C3)C1)C2. The normalized spacial score (nSPS) is 35.7. The maximum Gasteiger partial charge on any atom is 0.416 e. The van der Waals surface area contributed by atoms with Crippen LogP contribution in [0.2, 0.25) is 0 Å². The second-order valence-electron chi connectivity index (χ2n) is 7.86. The van der Waals surface area contributed by atoms with Crippen molar-refractivity contribution in [1.82, 2.24) is 5.32 Å². The van der Waals surface area contributed by atoms with Gasteiger partial charge in [-0.3, -0.25) is 0 Å². The van der Waals surface area contributed by atoms with Gasteiger partial charge < -0.3 is 5.32 Å². The molecule has 1 N–H and O–H groups in total. The minimum absolute atomic E-state index is 0.0232. The number of hydrogen-bond acceptors (Lipinski definition) is 1. The van der Waals surface area contributed by atoms with Crippen LogP contribution in [0.5, 0.6) is 0 Å². The molecule has 0 amide bonds. The van der Waals surface area contributed by atoms with Crippen LogP contribution < -0.4 is 5.32 Å². The molecule has 4 bridgehead atoms. The average Bonchev–Trinajstić information content (AvgIpc) is 2.43. The van der Waals surface area contributed by atoms with E-state index in [-0.39, 0.29) is 17.6 Å². The summed E-state index contributed by atoms with van der Waals surface area (Å²) >= 11 is 0. The molecule has 5 heteroatoms. The first-order valence-electron chi connectivity index (χ1n) is 8.44. The second-order valence-corrected chi connectivity index (χ2v) is 7.86. The Bertz CT molecular complexity index is 572. The van der Waals surface area contributed by atoms with Crippen LogP contribution in [0.1, 0.15) is 49.7 Å². The van der Waals surface area contributed by atoms with Crippen molar-refractivity contribution in [2.75, 3.05) is 0 Å². The Morgan fingerprint density at radius 2 is 1.57 bits per heavy atom. The predicted molar refractivity (Wildman–Crippen MR) is 79.1 cm³/mol. The van der Waals surface area contributed by atoms with Gasteiger partial charge in [-0.1, -0.05) is 0 Å². The number of rotatable bonds is 3. The maximum atomic E-state index is 13.9. The molecule has 23 heavy (non-hydrogen) atoms. The Kier molecular flexibility index (Phi) is 3.49. The molecular formula is C18H21F4N. The van der Waals surface area contributed by atoms with E-state index in [2.05, 4.69) is 5.32 Å². The number of benzene rings is 1. The topological polar surface area (TPSA) is 12.0 Å². The van der Waals surface area contributed by atoms with Gasteiger partial charge in [0.05, 0.1) is 5.56 Å². The van der Waals surface area contributed by atoms with E-state index in [0.717, 1.165) is 55.2 Å². The zero-order chi connectivity index (χ0) is 16.2. The molecule has 0 aliphatic heterocycles. The minimum atomic E-state index is -4.43. The van der Waals surface area contributed by atoms with Crippen molar-refractivity contribution in [3.05, 3.63) is 35.1 Å². The van der Waals surface area contributed by atoms with Crippen LogP contribution in [0.3, 0.4) is 0 Å². The van der Waals surface area contributed by atoms with Crippen LogP contribution in [0, 0.1) is 23.6 Å². The summed E-state index contributed by atoms with van der Waals surface area (Å²) in [6, 6.07) is 2.69. The molecule has 4 aliphatic rings. The predicted octanol–water partition coefficient (Wildman–Crippen LogP) is 4.90. The molecule has 4 aliphatic carbocycles. The summed E-state index contributed by atoms with van der Waals surface area (Å²) in [6.45, 7) is 0.182. The molecule has 4 saturated carbocycles. The van der Waals surface area contributed by atoms with Gasteiger partial charge in [-0.2, -0.15) is 13.2 Å². The van der Waals surface area contributed by atoms with Crippen molar-refractivity contribution in [1.29, 1.82) is 0 Å². The van der Waals surface area contributed by atoms with Crippen molar-refractivity contribution >= 4 is 0 Å². The van der Waals surface area contributed by atoms with Crippen molar-refractivity contribution in [2.45, 2.75) is 56.8 Å². The fourth-order valence-corrected chi connectivity index (χ4v) is 5.50. The first-order chi connectivity index (χ1) is 10.8. The molecule has 0 spiro atoms. The number of alkyl halides is 3. The van der Waals surface area contributed by atoms with Gasteiger partial charge >= 0.3 is 6.18 Å². The number of hydrogen-bond donors (Lipinski definition) is 1. The van der Waals surface area contributed by atoms with E-state index in [1.54, 1.807) is 0 Å². The van der Waals surface area contributed by atoms with E-state index in [9.17, 15) is 17.6 Å². The summed E-state index contributed by atoms with van der Waals surface area (Å²) in [5.41, 5.74) is -0.633. The van der Waals surface area contributed by atoms with Crippen molar-refractivity contribution in [3.63, 3.8) is 0 Å². The third kappa shape index (κ3) is 2.88. The van der Waals surface area contributed by atoms with Crippen LogP contribution >= 0.6 is 0 Å². The molecular weight excluding hydrogens is 306 g/mol. The molecule has 0 aromatic heterocycles. The zero-order valence-corrected chi connectivity index (χ0v) is 12.9. The third-order valence-corrected chi connectivity index (χ3v) is 6.07. The van der Waals surface area contributed by atoms with Gasteiger partial charge in [0, 0.05) is 17.6 Å². The summed E-state index contributed by atoms with van der Waals surface area (Å²) in [4.78, 5) is 0. The van der Waals surface area contributed by atoms with Gasteiger partial charge in [-0.15, -0.1) is 0 Å². The third-order valence-electron chi connectivity index (χ3n) is 6.07. The monoisotopic (exact) mass is 327 g/mol. The van der Waals surface area contributed by atoms with Gasteiger partial charge in [0.2, 0.25) is 0 Å². The lowest BCUT2D eigenvalue weighted by molar-refractivity contribution is -0.137. The highest BCUT2D eigenvalue weighted by molar-refractivity contribution is 5.27. The molecule has 0 unspecified atom stereocenters. The van der Waals surface area contributed by atoms with Gasteiger partial charge in [0.25, 0.3) is 0 Å². The summed E-state index contributed by atoms with van der Waals surface area (Å²) in [5, 5.41) is 3.46. The minimum Gasteiger partial charge on any atom is -0.307 e. The van der Waals surface area contributed by atoms with E-state index in [4.69, 9.17) is 0 Å². The van der Waals surface area contributed by atoms with E-state index in [0.29, 0.717) is 0 Å². The molecule has 1 aromatic carbocycles. The van der Waals surface area contributed by atoms with Gasteiger partial charge in [-0.25, -0.2) is 4.39 Å². The van der Waals surface area contributed by atoms with Crippen LogP contribution in [0.4, 0.5) is 17.6 Å². The van der Waals surface area contributed by atoms with Gasteiger partial charge in [0.15, 0.2) is 0 Å². The van der Waals surface area contributed by atoms with E-state index in [1.165, 1.54) is 19.3 Å². The van der Waals surface area contributed by atoms with E-state index >= 15 is 0 Å². The highest BCUT2D eigenvalue weighted by Gasteiger charge is 2.50. The maximum absolute atomic E-state index is 13.9. The zero-order valence-electron chi connectivity index (χ0n) is 12.9. The molecule has 0 atom stereocenters. The highest BCUT2D eigenvalue weighted by atomic mass is 19.4. The molecule has 1 aromatic rings. The van der Waals surface area contributed by atoms with E-state index in [1.807, 2.05) is 0 Å². The Hall–Kier alpha value is -1.10. The van der Waals surface area contributed by atoms with Gasteiger partial charge in [-0.05, 0) is 74.5 Å². The van der Waals surface area contributed by atoms with Crippen molar-refractivity contribution < 1.29 is 17.6 Å². The molecule has 5 rings (SSSR count). The molecule has 126 valence electrons. The summed E-state index contributed by atoms with van der Waals surface area (Å²) < 4.78 is 52.3. The smallest absolute Gasteiger partial charge is 0.307 e. The molecule has 0 radical (unpaired) electrons. The lowest BCUT2D eigenvalue weighted by Gasteiger charge is -2.57. The van der Waals surface area contributed by atoms with Crippen LogP contribution in [0.25, 0.3) is 0 Å². The summed E-state index contributed by atoms with van der Waals surface area (Å²) in [6.07, 6.45) is 2.78.